The Hall–Kier alpha value is -1.30. The van der Waals surface area contributed by atoms with Gasteiger partial charge in [-0.05, 0) is 25.8 Å². The number of nitrogens with one attached hydrogen (secondary N) is 2. The van der Waals surface area contributed by atoms with E-state index in [0.29, 0.717) is 19.5 Å². The zero-order chi connectivity index (χ0) is 12.7. The van der Waals surface area contributed by atoms with Crippen molar-refractivity contribution in [1.82, 2.24) is 10.6 Å². The second-order valence-corrected chi connectivity index (χ2v) is 4.38. The van der Waals surface area contributed by atoms with Gasteiger partial charge in [0, 0.05) is 12.6 Å². The highest BCUT2D eigenvalue weighted by atomic mass is 16.4. The SMILES string of the molecule is NCCCNC(=O)NC1CCCCC1C(=O)O. The molecule has 6 heteroatoms. The Morgan fingerprint density at radius 2 is 2.00 bits per heavy atom. The quantitative estimate of drug-likeness (QED) is 0.520. The Morgan fingerprint density at radius 1 is 1.29 bits per heavy atom. The van der Waals surface area contributed by atoms with Crippen molar-refractivity contribution < 1.29 is 14.7 Å². The molecular weight excluding hydrogens is 222 g/mol. The minimum absolute atomic E-state index is 0.251. The number of amides is 2. The van der Waals surface area contributed by atoms with E-state index in [0.717, 1.165) is 25.7 Å². The first-order chi connectivity index (χ1) is 8.15. The molecule has 2 amide bonds. The van der Waals surface area contributed by atoms with Gasteiger partial charge in [-0.1, -0.05) is 12.8 Å². The molecule has 5 N–H and O–H groups in total. The highest BCUT2D eigenvalue weighted by molar-refractivity contribution is 5.76. The van der Waals surface area contributed by atoms with E-state index in [-0.39, 0.29) is 12.1 Å². The molecule has 0 aromatic rings. The fourth-order valence-corrected chi connectivity index (χ4v) is 2.12. The molecule has 0 aliphatic heterocycles. The van der Waals surface area contributed by atoms with E-state index in [1.54, 1.807) is 0 Å². The smallest absolute Gasteiger partial charge is 0.315 e. The molecule has 0 bridgehead atoms. The summed E-state index contributed by atoms with van der Waals surface area (Å²) in [5.74, 6) is -1.28. The molecule has 98 valence electrons. The van der Waals surface area contributed by atoms with Crippen molar-refractivity contribution in [2.75, 3.05) is 13.1 Å². The van der Waals surface area contributed by atoms with E-state index in [4.69, 9.17) is 10.8 Å². The highest BCUT2D eigenvalue weighted by Crippen LogP contribution is 2.24. The zero-order valence-corrected chi connectivity index (χ0v) is 9.95. The van der Waals surface area contributed by atoms with Gasteiger partial charge in [-0.15, -0.1) is 0 Å². The standard InChI is InChI=1S/C11H21N3O3/c12-6-3-7-13-11(17)14-9-5-2-1-4-8(9)10(15)16/h8-9H,1-7,12H2,(H,15,16)(H2,13,14,17). The van der Waals surface area contributed by atoms with E-state index in [2.05, 4.69) is 10.6 Å². The normalized spacial score (nSPS) is 24.1. The lowest BCUT2D eigenvalue weighted by Crippen LogP contribution is -2.49. The predicted molar refractivity (Wildman–Crippen MR) is 63.6 cm³/mol. The van der Waals surface area contributed by atoms with Crippen molar-refractivity contribution in [1.29, 1.82) is 0 Å². The fraction of sp³-hybridized carbons (Fsp3) is 0.818. The lowest BCUT2D eigenvalue weighted by molar-refractivity contribution is -0.143. The number of carboxylic acid groups (broad SMARTS) is 1. The van der Waals surface area contributed by atoms with Gasteiger partial charge in [0.1, 0.15) is 0 Å². The third-order valence-electron chi connectivity index (χ3n) is 3.07. The number of rotatable bonds is 5. The largest absolute Gasteiger partial charge is 0.481 e. The number of hydrogen-bond acceptors (Lipinski definition) is 3. The van der Waals surface area contributed by atoms with Crippen molar-refractivity contribution in [3.63, 3.8) is 0 Å². The first-order valence-corrected chi connectivity index (χ1v) is 6.12. The average Bonchev–Trinajstić information content (AvgIpc) is 2.29. The fourth-order valence-electron chi connectivity index (χ4n) is 2.12. The van der Waals surface area contributed by atoms with Gasteiger partial charge in [-0.25, -0.2) is 4.79 Å². The Bertz CT molecular complexity index is 271. The van der Waals surface area contributed by atoms with E-state index < -0.39 is 11.9 Å². The van der Waals surface area contributed by atoms with Crippen molar-refractivity contribution in [2.45, 2.75) is 38.1 Å². The molecule has 1 rings (SSSR count). The van der Waals surface area contributed by atoms with Crippen LogP contribution in [0.1, 0.15) is 32.1 Å². The molecular formula is C11H21N3O3. The minimum Gasteiger partial charge on any atom is -0.481 e. The van der Waals surface area contributed by atoms with Crippen LogP contribution in [0.3, 0.4) is 0 Å². The molecule has 1 aliphatic rings. The van der Waals surface area contributed by atoms with Crippen LogP contribution in [0.5, 0.6) is 0 Å². The molecule has 0 spiro atoms. The van der Waals surface area contributed by atoms with Gasteiger partial charge in [0.05, 0.1) is 5.92 Å². The summed E-state index contributed by atoms with van der Waals surface area (Å²) >= 11 is 0. The summed E-state index contributed by atoms with van der Waals surface area (Å²) in [4.78, 5) is 22.5. The van der Waals surface area contributed by atoms with E-state index in [9.17, 15) is 9.59 Å². The van der Waals surface area contributed by atoms with E-state index in [1.807, 2.05) is 0 Å². The number of carbonyl (C=O) groups excluding carboxylic acids is 1. The Morgan fingerprint density at radius 3 is 2.65 bits per heavy atom. The van der Waals surface area contributed by atoms with Gasteiger partial charge in [0.2, 0.25) is 0 Å². The molecule has 1 fully saturated rings. The molecule has 0 heterocycles. The maximum absolute atomic E-state index is 11.5. The van der Waals surface area contributed by atoms with Gasteiger partial charge in [-0.2, -0.15) is 0 Å². The van der Waals surface area contributed by atoms with E-state index >= 15 is 0 Å². The molecule has 17 heavy (non-hydrogen) atoms. The molecule has 0 radical (unpaired) electrons. The summed E-state index contributed by atoms with van der Waals surface area (Å²) in [6.07, 6.45) is 3.99. The van der Waals surface area contributed by atoms with Gasteiger partial charge in [0.25, 0.3) is 0 Å². The predicted octanol–water partition coefficient (Wildman–Crippen LogP) is 0.278. The van der Waals surface area contributed by atoms with Crippen LogP contribution in [0.2, 0.25) is 0 Å². The number of nitrogens with two attached hydrogens (primary N) is 1. The van der Waals surface area contributed by atoms with Crippen molar-refractivity contribution >= 4 is 12.0 Å². The molecule has 0 aromatic carbocycles. The van der Waals surface area contributed by atoms with Crippen LogP contribution < -0.4 is 16.4 Å². The number of aliphatic carboxylic acids is 1. The molecule has 2 atom stereocenters. The maximum atomic E-state index is 11.5. The number of carboxylic acids is 1. The van der Waals surface area contributed by atoms with Crippen molar-refractivity contribution in [2.24, 2.45) is 11.7 Å². The average molecular weight is 243 g/mol. The molecule has 6 nitrogen and oxygen atoms in total. The number of urea groups is 1. The number of hydrogen-bond donors (Lipinski definition) is 4. The first kappa shape index (κ1) is 13.8. The van der Waals surface area contributed by atoms with Crippen LogP contribution in [0.15, 0.2) is 0 Å². The van der Waals surface area contributed by atoms with Gasteiger partial charge < -0.3 is 21.5 Å². The van der Waals surface area contributed by atoms with Gasteiger partial charge in [-0.3, -0.25) is 4.79 Å². The number of carbonyl (C=O) groups is 2. The zero-order valence-electron chi connectivity index (χ0n) is 9.95. The molecule has 1 aliphatic carbocycles. The Labute approximate surface area is 101 Å². The summed E-state index contributed by atoms with van der Waals surface area (Å²) in [7, 11) is 0. The van der Waals surface area contributed by atoms with Gasteiger partial charge >= 0.3 is 12.0 Å². The highest BCUT2D eigenvalue weighted by Gasteiger charge is 2.31. The van der Waals surface area contributed by atoms with Crippen LogP contribution in [0.25, 0.3) is 0 Å². The molecule has 1 saturated carbocycles. The van der Waals surface area contributed by atoms with Gasteiger partial charge in [0.15, 0.2) is 0 Å². The Balaban J connectivity index is 2.36. The lowest BCUT2D eigenvalue weighted by Gasteiger charge is -2.29. The monoisotopic (exact) mass is 243 g/mol. The molecule has 0 saturated heterocycles. The topological polar surface area (TPSA) is 104 Å². The summed E-state index contributed by atoms with van der Waals surface area (Å²) in [6.45, 7) is 1.05. The lowest BCUT2D eigenvalue weighted by atomic mass is 9.84. The van der Waals surface area contributed by atoms with E-state index in [1.165, 1.54) is 0 Å². The van der Waals surface area contributed by atoms with Crippen LogP contribution >= 0.6 is 0 Å². The maximum Gasteiger partial charge on any atom is 0.315 e. The van der Waals surface area contributed by atoms with Crippen LogP contribution in [0, 0.1) is 5.92 Å². The summed E-state index contributed by atoms with van der Waals surface area (Å²) in [5.41, 5.74) is 5.31. The third kappa shape index (κ3) is 4.60. The van der Waals surface area contributed by atoms with Crippen LogP contribution in [-0.4, -0.2) is 36.2 Å². The van der Waals surface area contributed by atoms with Crippen LogP contribution in [0.4, 0.5) is 4.79 Å². The minimum atomic E-state index is -0.822. The van der Waals surface area contributed by atoms with Crippen LogP contribution in [-0.2, 0) is 4.79 Å². The Kier molecular flexibility index (Phi) is 5.76. The second kappa shape index (κ2) is 7.11. The summed E-state index contributed by atoms with van der Waals surface area (Å²) in [6, 6.07) is -0.546. The summed E-state index contributed by atoms with van der Waals surface area (Å²) < 4.78 is 0. The second-order valence-electron chi connectivity index (χ2n) is 4.38. The molecule has 0 aromatic heterocycles. The van der Waals surface area contributed by atoms with Crippen molar-refractivity contribution in [3.8, 4) is 0 Å². The third-order valence-corrected chi connectivity index (χ3v) is 3.07. The summed E-state index contributed by atoms with van der Waals surface area (Å²) in [5, 5.41) is 14.5. The molecule has 2 unspecified atom stereocenters. The van der Waals surface area contributed by atoms with Crippen molar-refractivity contribution in [3.05, 3.63) is 0 Å². The first-order valence-electron chi connectivity index (χ1n) is 6.12.